The fourth-order valence-corrected chi connectivity index (χ4v) is 1.52. The molecule has 0 fully saturated rings. The summed E-state index contributed by atoms with van der Waals surface area (Å²) < 4.78 is 0. The van der Waals surface area contributed by atoms with Crippen molar-refractivity contribution in [2.45, 2.75) is 6.54 Å². The lowest BCUT2D eigenvalue weighted by Crippen LogP contribution is -2.37. The third kappa shape index (κ3) is 4.97. The maximum absolute atomic E-state index is 11.6. The van der Waals surface area contributed by atoms with Crippen molar-refractivity contribution in [3.8, 4) is 0 Å². The summed E-state index contributed by atoms with van der Waals surface area (Å²) in [7, 11) is 3.92. The van der Waals surface area contributed by atoms with E-state index < -0.39 is 6.61 Å². The Morgan fingerprint density at radius 1 is 1.18 bits per heavy atom. The Morgan fingerprint density at radius 3 is 2.35 bits per heavy atom. The summed E-state index contributed by atoms with van der Waals surface area (Å²) in [5.74, 6) is -0.226. The first-order valence-electron chi connectivity index (χ1n) is 5.70. The van der Waals surface area contributed by atoms with E-state index in [9.17, 15) is 4.79 Å². The molecule has 0 aliphatic heterocycles. The van der Waals surface area contributed by atoms with Crippen LogP contribution in [-0.4, -0.2) is 54.6 Å². The Balaban J connectivity index is 2.60. The molecule has 4 heteroatoms. The van der Waals surface area contributed by atoms with Gasteiger partial charge in [-0.05, 0) is 19.7 Å². The highest BCUT2D eigenvalue weighted by Crippen LogP contribution is 2.04. The number of rotatable bonds is 6. The van der Waals surface area contributed by atoms with Gasteiger partial charge in [0.2, 0.25) is 5.91 Å². The topological polar surface area (TPSA) is 43.8 Å². The van der Waals surface area contributed by atoms with Crippen LogP contribution in [0.1, 0.15) is 5.56 Å². The molecule has 0 atom stereocenters. The fourth-order valence-electron chi connectivity index (χ4n) is 1.52. The van der Waals surface area contributed by atoms with Gasteiger partial charge in [0.15, 0.2) is 0 Å². The second kappa shape index (κ2) is 7.04. The van der Waals surface area contributed by atoms with E-state index in [0.29, 0.717) is 13.1 Å². The number of aliphatic hydroxyl groups excluding tert-OH is 1. The normalized spacial score (nSPS) is 10.6. The number of benzene rings is 1. The summed E-state index contributed by atoms with van der Waals surface area (Å²) in [6.45, 7) is 1.54. The van der Waals surface area contributed by atoms with Gasteiger partial charge in [0.25, 0.3) is 0 Å². The molecule has 1 N–H and O–H groups in total. The van der Waals surface area contributed by atoms with Crippen LogP contribution in [0.2, 0.25) is 0 Å². The van der Waals surface area contributed by atoms with Crippen LogP contribution < -0.4 is 0 Å². The summed E-state index contributed by atoms with van der Waals surface area (Å²) in [5, 5.41) is 8.94. The van der Waals surface area contributed by atoms with Gasteiger partial charge in [-0.25, -0.2) is 0 Å². The number of amides is 1. The maximum atomic E-state index is 11.6. The lowest BCUT2D eigenvalue weighted by molar-refractivity contribution is -0.134. The monoisotopic (exact) mass is 236 g/mol. The molecule has 0 radical (unpaired) electrons. The van der Waals surface area contributed by atoms with Crippen molar-refractivity contribution in [1.82, 2.24) is 9.80 Å². The van der Waals surface area contributed by atoms with E-state index in [2.05, 4.69) is 0 Å². The van der Waals surface area contributed by atoms with Crippen molar-refractivity contribution in [2.75, 3.05) is 33.8 Å². The van der Waals surface area contributed by atoms with Crippen LogP contribution in [0.15, 0.2) is 30.3 Å². The molecule has 0 saturated carbocycles. The Hall–Kier alpha value is -1.39. The summed E-state index contributed by atoms with van der Waals surface area (Å²) in [6.07, 6.45) is 0. The van der Waals surface area contributed by atoms with Gasteiger partial charge in [-0.3, -0.25) is 4.79 Å². The third-order valence-corrected chi connectivity index (χ3v) is 2.52. The average molecular weight is 236 g/mol. The molecule has 0 aliphatic carbocycles. The predicted octanol–water partition coefficient (Wildman–Crippen LogP) is 0.569. The zero-order chi connectivity index (χ0) is 12.7. The van der Waals surface area contributed by atoms with E-state index in [0.717, 1.165) is 12.1 Å². The largest absolute Gasteiger partial charge is 0.387 e. The van der Waals surface area contributed by atoms with Gasteiger partial charge in [0.05, 0.1) is 0 Å². The molecule has 17 heavy (non-hydrogen) atoms. The quantitative estimate of drug-likeness (QED) is 0.785. The molecule has 1 rings (SSSR count). The lowest BCUT2D eigenvalue weighted by atomic mass is 10.2. The highest BCUT2D eigenvalue weighted by molar-refractivity contribution is 5.77. The number of carbonyl (C=O) groups is 1. The molecular formula is C13H20N2O2. The molecule has 4 nitrogen and oxygen atoms in total. The van der Waals surface area contributed by atoms with Gasteiger partial charge in [-0.2, -0.15) is 0 Å². The van der Waals surface area contributed by atoms with Crippen LogP contribution in [0.3, 0.4) is 0 Å². The second-order valence-electron chi connectivity index (χ2n) is 4.26. The van der Waals surface area contributed by atoms with Crippen LogP contribution >= 0.6 is 0 Å². The summed E-state index contributed by atoms with van der Waals surface area (Å²) >= 11 is 0. The van der Waals surface area contributed by atoms with Gasteiger partial charge < -0.3 is 14.9 Å². The van der Waals surface area contributed by atoms with Crippen molar-refractivity contribution in [2.24, 2.45) is 0 Å². The van der Waals surface area contributed by atoms with E-state index in [4.69, 9.17) is 5.11 Å². The molecule has 0 heterocycles. The van der Waals surface area contributed by atoms with E-state index in [-0.39, 0.29) is 5.91 Å². The van der Waals surface area contributed by atoms with Gasteiger partial charge >= 0.3 is 0 Å². The van der Waals surface area contributed by atoms with Crippen molar-refractivity contribution >= 4 is 5.91 Å². The smallest absolute Gasteiger partial charge is 0.248 e. The van der Waals surface area contributed by atoms with E-state index in [1.165, 1.54) is 0 Å². The maximum Gasteiger partial charge on any atom is 0.248 e. The van der Waals surface area contributed by atoms with E-state index >= 15 is 0 Å². The SMILES string of the molecule is CN(C)CCN(Cc1ccccc1)C(=O)CO. The highest BCUT2D eigenvalue weighted by atomic mass is 16.3. The number of aliphatic hydroxyl groups is 1. The van der Waals surface area contributed by atoms with Crippen molar-refractivity contribution < 1.29 is 9.90 Å². The fraction of sp³-hybridized carbons (Fsp3) is 0.462. The Morgan fingerprint density at radius 2 is 1.82 bits per heavy atom. The summed E-state index contributed by atoms with van der Waals surface area (Å²) in [4.78, 5) is 15.3. The molecule has 0 aromatic heterocycles. The standard InChI is InChI=1S/C13H20N2O2/c1-14(2)8-9-15(13(17)11-16)10-12-6-4-3-5-7-12/h3-7,16H,8-11H2,1-2H3. The minimum absolute atomic E-state index is 0.226. The zero-order valence-electron chi connectivity index (χ0n) is 10.5. The number of likely N-dealkylation sites (N-methyl/N-ethyl adjacent to an activating group) is 1. The Labute approximate surface area is 102 Å². The molecule has 1 aromatic rings. The number of hydrogen-bond acceptors (Lipinski definition) is 3. The van der Waals surface area contributed by atoms with Crippen molar-refractivity contribution in [1.29, 1.82) is 0 Å². The van der Waals surface area contributed by atoms with Gasteiger partial charge in [0.1, 0.15) is 6.61 Å². The molecule has 0 aliphatic rings. The lowest BCUT2D eigenvalue weighted by Gasteiger charge is -2.23. The van der Waals surface area contributed by atoms with Gasteiger partial charge in [0, 0.05) is 19.6 Å². The first-order valence-corrected chi connectivity index (χ1v) is 5.70. The average Bonchev–Trinajstić information content (AvgIpc) is 2.34. The molecular weight excluding hydrogens is 216 g/mol. The predicted molar refractivity (Wildman–Crippen MR) is 67.5 cm³/mol. The molecule has 0 bridgehead atoms. The molecule has 94 valence electrons. The highest BCUT2D eigenvalue weighted by Gasteiger charge is 2.12. The zero-order valence-corrected chi connectivity index (χ0v) is 10.5. The minimum Gasteiger partial charge on any atom is -0.387 e. The molecule has 1 amide bonds. The van der Waals surface area contributed by atoms with Gasteiger partial charge in [-0.1, -0.05) is 30.3 Å². The van der Waals surface area contributed by atoms with E-state index in [1.54, 1.807) is 4.90 Å². The third-order valence-electron chi connectivity index (χ3n) is 2.52. The number of carbonyl (C=O) groups excluding carboxylic acids is 1. The number of nitrogens with zero attached hydrogens (tertiary/aromatic N) is 2. The van der Waals surface area contributed by atoms with Crippen LogP contribution in [0.5, 0.6) is 0 Å². The van der Waals surface area contributed by atoms with E-state index in [1.807, 2.05) is 49.3 Å². The first kappa shape index (κ1) is 13.7. The first-order chi connectivity index (χ1) is 8.13. The van der Waals surface area contributed by atoms with Crippen LogP contribution in [0, 0.1) is 0 Å². The minimum atomic E-state index is -0.430. The van der Waals surface area contributed by atoms with Crippen LogP contribution in [0.4, 0.5) is 0 Å². The Bertz CT molecular complexity index is 339. The van der Waals surface area contributed by atoms with Crippen LogP contribution in [-0.2, 0) is 11.3 Å². The number of hydrogen-bond donors (Lipinski definition) is 1. The second-order valence-corrected chi connectivity index (χ2v) is 4.26. The molecule has 0 spiro atoms. The van der Waals surface area contributed by atoms with Gasteiger partial charge in [-0.15, -0.1) is 0 Å². The van der Waals surface area contributed by atoms with Crippen molar-refractivity contribution in [3.05, 3.63) is 35.9 Å². The molecule has 0 saturated heterocycles. The summed E-state index contributed by atoms with van der Waals surface area (Å²) in [6, 6.07) is 9.80. The van der Waals surface area contributed by atoms with Crippen molar-refractivity contribution in [3.63, 3.8) is 0 Å². The molecule has 1 aromatic carbocycles. The summed E-state index contributed by atoms with van der Waals surface area (Å²) in [5.41, 5.74) is 1.08. The van der Waals surface area contributed by atoms with Crippen LogP contribution in [0.25, 0.3) is 0 Å². The molecule has 0 unspecified atom stereocenters. The Kier molecular flexibility index (Phi) is 5.66.